The third kappa shape index (κ3) is 7.33. The number of ether oxygens (including phenoxy) is 2. The second-order valence-corrected chi connectivity index (χ2v) is 12.1. The summed E-state index contributed by atoms with van der Waals surface area (Å²) in [4.78, 5) is 24.2. The molecule has 4 atom stereocenters. The van der Waals surface area contributed by atoms with Gasteiger partial charge in [0.15, 0.2) is 6.29 Å². The zero-order chi connectivity index (χ0) is 30.3. The Bertz CT molecular complexity index is 1520. The average Bonchev–Trinajstić information content (AvgIpc) is 3.05. The van der Waals surface area contributed by atoms with Crippen LogP contribution in [-0.4, -0.2) is 51.6 Å². The molecule has 8 nitrogen and oxygen atoms in total. The molecule has 0 saturated carbocycles. The Hall–Kier alpha value is -3.69. The van der Waals surface area contributed by atoms with Gasteiger partial charge in [-0.15, -0.1) is 0 Å². The van der Waals surface area contributed by atoms with E-state index in [9.17, 15) is 9.90 Å². The predicted octanol–water partition coefficient (Wildman–Crippen LogP) is 6.11. The Morgan fingerprint density at radius 3 is 2.25 bits per heavy atom. The monoisotopic (exact) mass is 594 g/mol. The van der Waals surface area contributed by atoms with Gasteiger partial charge in [0, 0.05) is 24.6 Å². The van der Waals surface area contributed by atoms with Crippen LogP contribution in [0.1, 0.15) is 84.2 Å². The molecule has 0 aliphatic carbocycles. The second kappa shape index (κ2) is 14.4. The van der Waals surface area contributed by atoms with Crippen molar-refractivity contribution in [1.82, 2.24) is 20.2 Å². The molecule has 2 aliphatic rings. The first-order chi connectivity index (χ1) is 21.6. The standard InChI is InChI=1S/C36H42N4O4/c1-25-33(23-40-19-7-3-2-4-8-20-40)43-36(44-34(25)28-15-13-27(24-41)14-16-28)29-17-11-26(12-18-29)21-38-35(42)32-22-37-30-9-5-6-10-31(30)39-32/h5-6,9-18,22,25,33-34,36,41H,2-4,7-8,19-21,23-24H2,1H3,(H,38,42)/t25-,33+,34+,36+/m0/s1. The van der Waals surface area contributed by atoms with Gasteiger partial charge in [0.1, 0.15) is 5.69 Å². The fourth-order valence-corrected chi connectivity index (χ4v) is 6.21. The Balaban J connectivity index is 1.15. The van der Waals surface area contributed by atoms with Crippen molar-refractivity contribution in [3.8, 4) is 0 Å². The van der Waals surface area contributed by atoms with E-state index in [-0.39, 0.29) is 30.6 Å². The quantitative estimate of drug-likeness (QED) is 0.254. The maximum Gasteiger partial charge on any atom is 0.271 e. The highest BCUT2D eigenvalue weighted by Gasteiger charge is 2.39. The van der Waals surface area contributed by atoms with Crippen LogP contribution >= 0.6 is 0 Å². The van der Waals surface area contributed by atoms with E-state index in [0.717, 1.165) is 47.4 Å². The summed E-state index contributed by atoms with van der Waals surface area (Å²) in [6.45, 7) is 5.72. The Morgan fingerprint density at radius 1 is 0.864 bits per heavy atom. The van der Waals surface area contributed by atoms with Gasteiger partial charge in [0.05, 0.1) is 36.0 Å². The molecule has 1 aromatic heterocycles. The first kappa shape index (κ1) is 30.3. The molecule has 0 bridgehead atoms. The van der Waals surface area contributed by atoms with Crippen LogP contribution in [0.4, 0.5) is 0 Å². The molecule has 2 N–H and O–H groups in total. The largest absolute Gasteiger partial charge is 0.392 e. The summed E-state index contributed by atoms with van der Waals surface area (Å²) in [5.74, 6) is -0.105. The normalized spacial score (nSPS) is 23.1. The number of rotatable bonds is 8. The van der Waals surface area contributed by atoms with E-state index < -0.39 is 6.29 Å². The lowest BCUT2D eigenvalue weighted by atomic mass is 9.89. The third-order valence-corrected chi connectivity index (χ3v) is 8.90. The van der Waals surface area contributed by atoms with Gasteiger partial charge in [-0.1, -0.05) is 86.8 Å². The van der Waals surface area contributed by atoms with Crippen molar-refractivity contribution < 1.29 is 19.4 Å². The minimum Gasteiger partial charge on any atom is -0.392 e. The van der Waals surface area contributed by atoms with Gasteiger partial charge in [-0.3, -0.25) is 9.78 Å². The van der Waals surface area contributed by atoms with E-state index in [1.165, 1.54) is 38.3 Å². The van der Waals surface area contributed by atoms with E-state index in [1.54, 1.807) is 0 Å². The van der Waals surface area contributed by atoms with E-state index in [1.807, 2.05) is 60.7 Å². The second-order valence-electron chi connectivity index (χ2n) is 12.1. The molecule has 230 valence electrons. The zero-order valence-corrected chi connectivity index (χ0v) is 25.4. The number of aliphatic hydroxyl groups is 1. The van der Waals surface area contributed by atoms with Crippen molar-refractivity contribution >= 4 is 16.9 Å². The summed E-state index contributed by atoms with van der Waals surface area (Å²) in [6, 6.07) is 23.6. The smallest absolute Gasteiger partial charge is 0.271 e. The number of hydrogen-bond acceptors (Lipinski definition) is 7. The van der Waals surface area contributed by atoms with Crippen molar-refractivity contribution in [1.29, 1.82) is 0 Å². The topological polar surface area (TPSA) is 96.8 Å². The molecule has 2 aliphatic heterocycles. The number of hydrogen-bond donors (Lipinski definition) is 2. The van der Waals surface area contributed by atoms with E-state index >= 15 is 0 Å². The number of aliphatic hydroxyl groups excluding tert-OH is 1. The van der Waals surface area contributed by atoms with Crippen LogP contribution in [0.2, 0.25) is 0 Å². The van der Waals surface area contributed by atoms with Crippen molar-refractivity contribution in [3.05, 3.63) is 107 Å². The molecule has 2 saturated heterocycles. The molecule has 6 rings (SSSR count). The Labute approximate surface area is 259 Å². The van der Waals surface area contributed by atoms with Crippen molar-refractivity contribution in [2.45, 2.75) is 70.7 Å². The molecule has 4 aromatic rings. The first-order valence-electron chi connectivity index (χ1n) is 15.9. The van der Waals surface area contributed by atoms with E-state index in [4.69, 9.17) is 9.47 Å². The summed E-state index contributed by atoms with van der Waals surface area (Å²) in [5.41, 5.74) is 5.64. The number of likely N-dealkylation sites (tertiary alicyclic amines) is 1. The minimum atomic E-state index is -0.509. The van der Waals surface area contributed by atoms with Gasteiger partial charge >= 0.3 is 0 Å². The summed E-state index contributed by atoms with van der Waals surface area (Å²) >= 11 is 0. The van der Waals surface area contributed by atoms with E-state index in [0.29, 0.717) is 17.8 Å². The number of fused-ring (bicyclic) bond motifs is 1. The number of aromatic nitrogens is 2. The maximum atomic E-state index is 12.8. The van der Waals surface area contributed by atoms with Gasteiger partial charge in [-0.2, -0.15) is 0 Å². The first-order valence-corrected chi connectivity index (χ1v) is 15.9. The highest BCUT2D eigenvalue weighted by Crippen LogP contribution is 2.42. The highest BCUT2D eigenvalue weighted by molar-refractivity contribution is 5.93. The van der Waals surface area contributed by atoms with Gasteiger partial charge in [0.25, 0.3) is 5.91 Å². The number of para-hydroxylation sites is 2. The van der Waals surface area contributed by atoms with Crippen molar-refractivity contribution in [2.75, 3.05) is 19.6 Å². The number of benzene rings is 3. The highest BCUT2D eigenvalue weighted by atomic mass is 16.7. The fraction of sp³-hybridized carbons (Fsp3) is 0.417. The number of carbonyl (C=O) groups excluding carboxylic acids is 1. The molecule has 3 aromatic carbocycles. The summed E-state index contributed by atoms with van der Waals surface area (Å²) in [7, 11) is 0. The number of nitrogens with one attached hydrogen (secondary N) is 1. The molecule has 3 heterocycles. The summed E-state index contributed by atoms with van der Waals surface area (Å²) in [5, 5.41) is 12.5. The molecule has 0 spiro atoms. The van der Waals surface area contributed by atoms with Crippen LogP contribution in [0.5, 0.6) is 0 Å². The minimum absolute atomic E-state index is 0.0118. The van der Waals surface area contributed by atoms with Crippen molar-refractivity contribution in [2.24, 2.45) is 5.92 Å². The summed E-state index contributed by atoms with van der Waals surface area (Å²) in [6.07, 6.45) is 7.28. The van der Waals surface area contributed by atoms with Crippen LogP contribution in [0.15, 0.2) is 79.0 Å². The van der Waals surface area contributed by atoms with E-state index in [2.05, 4.69) is 39.2 Å². The number of carbonyl (C=O) groups is 1. The molecule has 0 unspecified atom stereocenters. The lowest BCUT2D eigenvalue weighted by molar-refractivity contribution is -0.276. The SMILES string of the molecule is C[C@H]1[C@@H](CN2CCCCCCC2)O[C@@H](c2ccc(CNC(=O)c3cnc4ccccc4n3)cc2)O[C@H]1c1ccc(CO)cc1. The molecule has 0 radical (unpaired) electrons. The van der Waals surface area contributed by atoms with Crippen LogP contribution in [-0.2, 0) is 22.6 Å². The van der Waals surface area contributed by atoms with Crippen LogP contribution in [0.3, 0.4) is 0 Å². The van der Waals surface area contributed by atoms with Gasteiger partial charge in [0.2, 0.25) is 0 Å². The average molecular weight is 595 g/mol. The maximum absolute atomic E-state index is 12.8. The lowest BCUT2D eigenvalue weighted by Crippen LogP contribution is -2.45. The fourth-order valence-electron chi connectivity index (χ4n) is 6.21. The molecular weight excluding hydrogens is 552 g/mol. The van der Waals surface area contributed by atoms with Gasteiger partial charge in [-0.25, -0.2) is 4.98 Å². The zero-order valence-electron chi connectivity index (χ0n) is 25.4. The van der Waals surface area contributed by atoms with Crippen LogP contribution in [0, 0.1) is 5.92 Å². The van der Waals surface area contributed by atoms with Crippen LogP contribution in [0.25, 0.3) is 11.0 Å². The van der Waals surface area contributed by atoms with Gasteiger partial charge in [-0.05, 0) is 54.8 Å². The Kier molecular flexibility index (Phi) is 9.93. The number of nitrogens with zero attached hydrogens (tertiary/aromatic N) is 3. The third-order valence-electron chi connectivity index (χ3n) is 8.90. The van der Waals surface area contributed by atoms with Crippen LogP contribution < -0.4 is 5.32 Å². The molecule has 2 fully saturated rings. The summed E-state index contributed by atoms with van der Waals surface area (Å²) < 4.78 is 13.3. The van der Waals surface area contributed by atoms with Gasteiger partial charge < -0.3 is 24.8 Å². The molecule has 8 heteroatoms. The van der Waals surface area contributed by atoms with Crippen molar-refractivity contribution in [3.63, 3.8) is 0 Å². The molecular formula is C36H42N4O4. The molecule has 44 heavy (non-hydrogen) atoms. The lowest BCUT2D eigenvalue weighted by Gasteiger charge is -2.43. The number of amides is 1. The predicted molar refractivity (Wildman–Crippen MR) is 170 cm³/mol. The molecule has 1 amide bonds. The Morgan fingerprint density at radius 2 is 1.52 bits per heavy atom.